The Hall–Kier alpha value is -3.33. The van der Waals surface area contributed by atoms with E-state index in [4.69, 9.17) is 21.7 Å². The van der Waals surface area contributed by atoms with Crippen LogP contribution >= 0.6 is 12.2 Å². The molecule has 2 amide bonds. The van der Waals surface area contributed by atoms with E-state index in [0.717, 1.165) is 24.5 Å². The standard InChI is InChI=1S/C22H26N4O4S/c1-15(27)25-8-10-26(11-9-25)20-7-5-4-6-19(20)23-22(31)24-21(28)16-12-17(29-2)14-18(13-16)30-3/h4-7,12-14H,8-11H2,1-3H3,(H2,23,24,28,31). The number of hydrogen-bond acceptors (Lipinski definition) is 6. The van der Waals surface area contributed by atoms with Crippen LogP contribution in [0.2, 0.25) is 0 Å². The number of carbonyl (C=O) groups excluding carboxylic acids is 2. The van der Waals surface area contributed by atoms with Crippen LogP contribution in [-0.2, 0) is 4.79 Å². The second-order valence-corrected chi connectivity index (χ2v) is 7.43. The highest BCUT2D eigenvalue weighted by Gasteiger charge is 2.21. The fourth-order valence-electron chi connectivity index (χ4n) is 3.38. The molecule has 2 N–H and O–H groups in total. The van der Waals surface area contributed by atoms with Crippen molar-refractivity contribution in [1.29, 1.82) is 0 Å². The maximum atomic E-state index is 12.7. The smallest absolute Gasteiger partial charge is 0.257 e. The van der Waals surface area contributed by atoms with Crippen LogP contribution in [0.25, 0.3) is 0 Å². The van der Waals surface area contributed by atoms with Crippen LogP contribution in [0.1, 0.15) is 17.3 Å². The Bertz CT molecular complexity index is 951. The molecule has 0 atom stereocenters. The lowest BCUT2D eigenvalue weighted by atomic mass is 10.2. The zero-order valence-corrected chi connectivity index (χ0v) is 18.6. The minimum absolute atomic E-state index is 0.0872. The Morgan fingerprint density at radius 2 is 1.58 bits per heavy atom. The van der Waals surface area contributed by atoms with E-state index in [1.165, 1.54) is 14.2 Å². The summed E-state index contributed by atoms with van der Waals surface area (Å²) in [5.41, 5.74) is 2.12. The maximum Gasteiger partial charge on any atom is 0.257 e. The van der Waals surface area contributed by atoms with Gasteiger partial charge < -0.3 is 24.6 Å². The van der Waals surface area contributed by atoms with Crippen LogP contribution in [0.15, 0.2) is 42.5 Å². The lowest BCUT2D eigenvalue weighted by Gasteiger charge is -2.36. The molecule has 0 saturated carbocycles. The van der Waals surface area contributed by atoms with E-state index in [1.54, 1.807) is 25.1 Å². The molecule has 0 aliphatic carbocycles. The van der Waals surface area contributed by atoms with Gasteiger partial charge in [0.1, 0.15) is 11.5 Å². The molecule has 3 rings (SSSR count). The number of piperazine rings is 1. The molecule has 1 fully saturated rings. The van der Waals surface area contributed by atoms with Gasteiger partial charge in [-0.1, -0.05) is 12.1 Å². The fourth-order valence-corrected chi connectivity index (χ4v) is 3.59. The first-order chi connectivity index (χ1) is 14.9. The maximum absolute atomic E-state index is 12.7. The van der Waals surface area contributed by atoms with Gasteiger partial charge >= 0.3 is 0 Å². The summed E-state index contributed by atoms with van der Waals surface area (Å²) in [6.07, 6.45) is 0. The molecular weight excluding hydrogens is 416 g/mol. The van der Waals surface area contributed by atoms with Crippen molar-refractivity contribution in [2.75, 3.05) is 50.6 Å². The average Bonchev–Trinajstić information content (AvgIpc) is 2.79. The monoisotopic (exact) mass is 442 g/mol. The van der Waals surface area contributed by atoms with E-state index in [9.17, 15) is 9.59 Å². The Kier molecular flexibility index (Phi) is 7.30. The van der Waals surface area contributed by atoms with Crippen molar-refractivity contribution in [1.82, 2.24) is 10.2 Å². The summed E-state index contributed by atoms with van der Waals surface area (Å²) in [4.78, 5) is 28.3. The molecule has 0 unspecified atom stereocenters. The molecule has 1 aliphatic rings. The van der Waals surface area contributed by atoms with Gasteiger partial charge in [0.25, 0.3) is 5.91 Å². The third-order valence-corrected chi connectivity index (χ3v) is 5.26. The van der Waals surface area contributed by atoms with E-state index in [2.05, 4.69) is 15.5 Å². The third kappa shape index (κ3) is 5.64. The van der Waals surface area contributed by atoms with Crippen LogP contribution in [0.4, 0.5) is 11.4 Å². The molecule has 1 heterocycles. The van der Waals surface area contributed by atoms with Crippen LogP contribution in [0.3, 0.4) is 0 Å². The number of methoxy groups -OCH3 is 2. The first-order valence-corrected chi connectivity index (χ1v) is 10.3. The SMILES string of the molecule is COc1cc(OC)cc(C(=O)NC(=S)Nc2ccccc2N2CCN(C(C)=O)CC2)c1. The van der Waals surface area contributed by atoms with Crippen LogP contribution in [-0.4, -0.2) is 62.2 Å². The Morgan fingerprint density at radius 1 is 0.968 bits per heavy atom. The van der Waals surface area contributed by atoms with E-state index < -0.39 is 0 Å². The van der Waals surface area contributed by atoms with Gasteiger partial charge in [-0.25, -0.2) is 0 Å². The Morgan fingerprint density at radius 3 is 2.16 bits per heavy atom. The molecule has 2 aromatic carbocycles. The van der Waals surface area contributed by atoms with Gasteiger partial charge in [0.15, 0.2) is 5.11 Å². The molecule has 1 aliphatic heterocycles. The summed E-state index contributed by atoms with van der Waals surface area (Å²) in [6, 6.07) is 12.7. The molecule has 164 valence electrons. The minimum Gasteiger partial charge on any atom is -0.497 e. The normalized spacial score (nSPS) is 13.4. The topological polar surface area (TPSA) is 83.1 Å². The van der Waals surface area contributed by atoms with Crippen molar-refractivity contribution in [3.05, 3.63) is 48.0 Å². The molecule has 0 spiro atoms. The summed E-state index contributed by atoms with van der Waals surface area (Å²) < 4.78 is 10.4. The summed E-state index contributed by atoms with van der Waals surface area (Å²) in [7, 11) is 3.05. The molecule has 0 radical (unpaired) electrons. The van der Waals surface area contributed by atoms with Gasteiger partial charge in [-0.3, -0.25) is 14.9 Å². The van der Waals surface area contributed by atoms with Gasteiger partial charge in [0.05, 0.1) is 25.6 Å². The Labute approximate surface area is 187 Å². The predicted molar refractivity (Wildman–Crippen MR) is 124 cm³/mol. The highest BCUT2D eigenvalue weighted by molar-refractivity contribution is 7.80. The fraction of sp³-hybridized carbons (Fsp3) is 0.318. The number of nitrogens with zero attached hydrogens (tertiary/aromatic N) is 2. The first kappa shape index (κ1) is 22.4. The van der Waals surface area contributed by atoms with Crippen molar-refractivity contribution in [3.63, 3.8) is 0 Å². The number of ether oxygens (including phenoxy) is 2. The average molecular weight is 443 g/mol. The number of anilines is 2. The predicted octanol–water partition coefficient (Wildman–Crippen LogP) is 2.50. The first-order valence-electron chi connectivity index (χ1n) is 9.86. The summed E-state index contributed by atoms with van der Waals surface area (Å²) in [5, 5.41) is 5.99. The van der Waals surface area contributed by atoms with Crippen LogP contribution < -0.4 is 25.0 Å². The van der Waals surface area contributed by atoms with E-state index in [1.807, 2.05) is 29.2 Å². The zero-order chi connectivity index (χ0) is 22.4. The Balaban J connectivity index is 1.68. The van der Waals surface area contributed by atoms with Crippen molar-refractivity contribution < 1.29 is 19.1 Å². The molecule has 8 nitrogen and oxygen atoms in total. The molecule has 9 heteroatoms. The largest absolute Gasteiger partial charge is 0.497 e. The number of nitrogens with one attached hydrogen (secondary N) is 2. The molecule has 0 aromatic heterocycles. The van der Waals surface area contributed by atoms with Crippen LogP contribution in [0.5, 0.6) is 11.5 Å². The number of thiocarbonyl (C=S) groups is 1. The van der Waals surface area contributed by atoms with Crippen molar-refractivity contribution in [2.45, 2.75) is 6.92 Å². The lowest BCUT2D eigenvalue weighted by molar-refractivity contribution is -0.129. The summed E-state index contributed by atoms with van der Waals surface area (Å²) in [5.74, 6) is 0.739. The number of rotatable bonds is 5. The zero-order valence-electron chi connectivity index (χ0n) is 17.8. The summed E-state index contributed by atoms with van der Waals surface area (Å²) in [6.45, 7) is 4.37. The van der Waals surface area contributed by atoms with Crippen molar-refractivity contribution in [2.24, 2.45) is 0 Å². The van der Waals surface area contributed by atoms with Gasteiger partial charge in [0.2, 0.25) is 5.91 Å². The molecule has 0 bridgehead atoms. The molecular formula is C22H26N4O4S. The number of amides is 2. The third-order valence-electron chi connectivity index (χ3n) is 5.06. The second-order valence-electron chi connectivity index (χ2n) is 7.02. The molecule has 1 saturated heterocycles. The number of para-hydroxylation sites is 2. The molecule has 2 aromatic rings. The van der Waals surface area contributed by atoms with E-state index >= 15 is 0 Å². The number of carbonyl (C=O) groups is 2. The van der Waals surface area contributed by atoms with E-state index in [0.29, 0.717) is 30.2 Å². The quantitative estimate of drug-likeness (QED) is 0.689. The van der Waals surface area contributed by atoms with E-state index in [-0.39, 0.29) is 16.9 Å². The van der Waals surface area contributed by atoms with Gasteiger partial charge in [-0.2, -0.15) is 0 Å². The number of benzene rings is 2. The lowest BCUT2D eigenvalue weighted by Crippen LogP contribution is -2.48. The molecule has 31 heavy (non-hydrogen) atoms. The van der Waals surface area contributed by atoms with Gasteiger partial charge in [0, 0.05) is 44.7 Å². The highest BCUT2D eigenvalue weighted by atomic mass is 32.1. The minimum atomic E-state index is -0.373. The van der Waals surface area contributed by atoms with Gasteiger partial charge in [-0.15, -0.1) is 0 Å². The highest BCUT2D eigenvalue weighted by Crippen LogP contribution is 2.27. The van der Waals surface area contributed by atoms with Gasteiger partial charge in [-0.05, 0) is 36.5 Å². The number of hydrogen-bond donors (Lipinski definition) is 2. The van der Waals surface area contributed by atoms with Crippen molar-refractivity contribution in [3.8, 4) is 11.5 Å². The van der Waals surface area contributed by atoms with Crippen molar-refractivity contribution >= 4 is 40.5 Å². The summed E-state index contributed by atoms with van der Waals surface area (Å²) >= 11 is 5.37. The van der Waals surface area contributed by atoms with Crippen LogP contribution in [0, 0.1) is 0 Å². The second kappa shape index (κ2) is 10.1.